The highest BCUT2D eigenvalue weighted by atomic mass is 16.5. The van der Waals surface area contributed by atoms with Crippen molar-refractivity contribution in [2.24, 2.45) is 0 Å². The van der Waals surface area contributed by atoms with E-state index in [1.165, 1.54) is 0 Å². The first-order chi connectivity index (χ1) is 9.69. The summed E-state index contributed by atoms with van der Waals surface area (Å²) in [5.41, 5.74) is 4.08. The number of hydrogen-bond donors (Lipinski definition) is 0. The minimum Gasteiger partial charge on any atom is -0.496 e. The minimum atomic E-state index is 0.305. The van der Waals surface area contributed by atoms with E-state index in [2.05, 4.69) is 23.8 Å². The largest absolute Gasteiger partial charge is 0.496 e. The highest BCUT2D eigenvalue weighted by molar-refractivity contribution is 5.73. The van der Waals surface area contributed by atoms with E-state index in [1.807, 2.05) is 12.1 Å². The van der Waals surface area contributed by atoms with E-state index in [1.54, 1.807) is 26.6 Å². The van der Waals surface area contributed by atoms with Gasteiger partial charge in [-0.3, -0.25) is 9.97 Å². The lowest BCUT2D eigenvalue weighted by Crippen LogP contribution is -2.17. The molecule has 2 aromatic rings. The predicted octanol–water partition coefficient (Wildman–Crippen LogP) is 3.38. The van der Waals surface area contributed by atoms with Gasteiger partial charge >= 0.3 is 0 Å². The van der Waals surface area contributed by atoms with E-state index >= 15 is 0 Å². The third-order valence-corrected chi connectivity index (χ3v) is 4.23. The summed E-state index contributed by atoms with van der Waals surface area (Å²) >= 11 is 0. The van der Waals surface area contributed by atoms with Crippen molar-refractivity contribution >= 4 is 0 Å². The smallest absolute Gasteiger partial charge is 0.126 e. The second-order valence-electron chi connectivity index (χ2n) is 5.13. The van der Waals surface area contributed by atoms with E-state index in [0.717, 1.165) is 34.0 Å². The van der Waals surface area contributed by atoms with Crippen molar-refractivity contribution in [2.45, 2.75) is 25.7 Å². The van der Waals surface area contributed by atoms with Crippen LogP contribution in [0.25, 0.3) is 11.4 Å². The summed E-state index contributed by atoms with van der Waals surface area (Å²) in [5, 5.41) is 0. The number of ether oxygens (including phenoxy) is 2. The van der Waals surface area contributed by atoms with Crippen LogP contribution in [0.2, 0.25) is 0 Å². The standard InChI is InChI=1S/C16H18N2O2/c1-9-10(2)14-12(20-4)6-8-18-16(14)15-13(9)11(19-3)5-7-17-15/h5-10H,1-4H3. The molecule has 2 atom stereocenters. The maximum absolute atomic E-state index is 5.50. The van der Waals surface area contributed by atoms with Gasteiger partial charge in [-0.15, -0.1) is 0 Å². The predicted molar refractivity (Wildman–Crippen MR) is 77.4 cm³/mol. The summed E-state index contributed by atoms with van der Waals surface area (Å²) in [5.74, 6) is 2.37. The lowest BCUT2D eigenvalue weighted by Gasteiger charge is -2.31. The fourth-order valence-corrected chi connectivity index (χ4v) is 3.02. The van der Waals surface area contributed by atoms with Crippen LogP contribution in [0.1, 0.15) is 36.8 Å². The van der Waals surface area contributed by atoms with Crippen LogP contribution in [-0.4, -0.2) is 24.2 Å². The van der Waals surface area contributed by atoms with Crippen molar-refractivity contribution in [3.8, 4) is 22.9 Å². The Morgan fingerprint density at radius 1 is 0.800 bits per heavy atom. The molecule has 1 aliphatic carbocycles. The zero-order valence-electron chi connectivity index (χ0n) is 12.2. The van der Waals surface area contributed by atoms with Gasteiger partial charge in [-0.1, -0.05) is 13.8 Å². The summed E-state index contributed by atoms with van der Waals surface area (Å²) < 4.78 is 11.0. The lowest BCUT2D eigenvalue weighted by molar-refractivity contribution is 0.392. The molecule has 0 bridgehead atoms. The molecule has 104 valence electrons. The lowest BCUT2D eigenvalue weighted by atomic mass is 9.76. The molecular formula is C16H18N2O2. The maximum Gasteiger partial charge on any atom is 0.126 e. The van der Waals surface area contributed by atoms with Crippen LogP contribution >= 0.6 is 0 Å². The quantitative estimate of drug-likeness (QED) is 0.839. The van der Waals surface area contributed by atoms with Gasteiger partial charge in [-0.05, 0) is 24.0 Å². The monoisotopic (exact) mass is 270 g/mol. The van der Waals surface area contributed by atoms with Crippen molar-refractivity contribution in [1.82, 2.24) is 9.97 Å². The summed E-state index contributed by atoms with van der Waals surface area (Å²) in [7, 11) is 3.39. The third kappa shape index (κ3) is 1.68. The number of rotatable bonds is 2. The van der Waals surface area contributed by atoms with Crippen molar-refractivity contribution in [1.29, 1.82) is 0 Å². The van der Waals surface area contributed by atoms with Crippen LogP contribution in [0.4, 0.5) is 0 Å². The number of nitrogens with zero attached hydrogens (tertiary/aromatic N) is 2. The molecule has 0 aromatic carbocycles. The van der Waals surface area contributed by atoms with Gasteiger partial charge in [-0.25, -0.2) is 0 Å². The Labute approximate surface area is 118 Å². The molecule has 0 N–H and O–H groups in total. The Hall–Kier alpha value is -2.10. The molecule has 0 amide bonds. The Morgan fingerprint density at radius 3 is 1.55 bits per heavy atom. The molecule has 2 heterocycles. The first-order valence-corrected chi connectivity index (χ1v) is 6.75. The number of hydrogen-bond acceptors (Lipinski definition) is 4. The second kappa shape index (κ2) is 4.78. The number of fused-ring (bicyclic) bond motifs is 3. The third-order valence-electron chi connectivity index (χ3n) is 4.23. The number of pyridine rings is 2. The molecule has 0 spiro atoms. The van der Waals surface area contributed by atoms with Gasteiger partial charge in [0.15, 0.2) is 0 Å². The van der Waals surface area contributed by atoms with Gasteiger partial charge in [0.2, 0.25) is 0 Å². The van der Waals surface area contributed by atoms with Gasteiger partial charge in [-0.2, -0.15) is 0 Å². The first kappa shape index (κ1) is 12.9. The van der Waals surface area contributed by atoms with Gasteiger partial charge in [0, 0.05) is 23.5 Å². The van der Waals surface area contributed by atoms with Crippen LogP contribution in [0.3, 0.4) is 0 Å². The molecule has 1 aliphatic rings. The van der Waals surface area contributed by atoms with Gasteiger partial charge in [0.05, 0.1) is 25.6 Å². The highest BCUT2D eigenvalue weighted by Gasteiger charge is 2.34. The van der Waals surface area contributed by atoms with Crippen LogP contribution in [0.5, 0.6) is 11.5 Å². The SMILES string of the molecule is COc1ccnc2c1C(C)C(C)c1c(OC)ccnc1-2. The van der Waals surface area contributed by atoms with E-state index in [4.69, 9.17) is 9.47 Å². The van der Waals surface area contributed by atoms with E-state index < -0.39 is 0 Å². The summed E-state index contributed by atoms with van der Waals surface area (Å²) in [6.07, 6.45) is 3.54. The maximum atomic E-state index is 5.50. The van der Waals surface area contributed by atoms with Gasteiger partial charge in [0.1, 0.15) is 11.5 Å². The second-order valence-corrected chi connectivity index (χ2v) is 5.13. The molecule has 0 saturated carbocycles. The summed E-state index contributed by atoms with van der Waals surface area (Å²) in [6.45, 7) is 4.39. The van der Waals surface area contributed by atoms with Crippen LogP contribution < -0.4 is 9.47 Å². The molecule has 0 fully saturated rings. The number of methoxy groups -OCH3 is 2. The van der Waals surface area contributed by atoms with Gasteiger partial charge < -0.3 is 9.47 Å². The topological polar surface area (TPSA) is 44.2 Å². The first-order valence-electron chi connectivity index (χ1n) is 6.75. The fourth-order valence-electron chi connectivity index (χ4n) is 3.02. The normalized spacial score (nSPS) is 20.0. The molecule has 0 aliphatic heterocycles. The molecule has 4 nitrogen and oxygen atoms in total. The van der Waals surface area contributed by atoms with Crippen molar-refractivity contribution < 1.29 is 9.47 Å². The summed E-state index contributed by atoms with van der Waals surface area (Å²) in [4.78, 5) is 9.06. The fraction of sp³-hybridized carbons (Fsp3) is 0.375. The average Bonchev–Trinajstić information content (AvgIpc) is 2.50. The van der Waals surface area contributed by atoms with Crippen molar-refractivity contribution in [2.75, 3.05) is 14.2 Å². The Kier molecular flexibility index (Phi) is 3.08. The highest BCUT2D eigenvalue weighted by Crippen LogP contribution is 2.50. The molecule has 0 radical (unpaired) electrons. The molecule has 20 heavy (non-hydrogen) atoms. The molecule has 3 rings (SSSR count). The Balaban J connectivity index is 2.34. The van der Waals surface area contributed by atoms with Crippen molar-refractivity contribution in [3.05, 3.63) is 35.7 Å². The van der Waals surface area contributed by atoms with E-state index in [0.29, 0.717) is 11.8 Å². The molecular weight excluding hydrogens is 252 g/mol. The van der Waals surface area contributed by atoms with E-state index in [-0.39, 0.29) is 0 Å². The van der Waals surface area contributed by atoms with Crippen LogP contribution in [0, 0.1) is 0 Å². The van der Waals surface area contributed by atoms with E-state index in [9.17, 15) is 0 Å². The number of aromatic nitrogens is 2. The molecule has 4 heteroatoms. The summed E-state index contributed by atoms with van der Waals surface area (Å²) in [6, 6.07) is 3.82. The molecule has 2 unspecified atom stereocenters. The van der Waals surface area contributed by atoms with Crippen molar-refractivity contribution in [3.63, 3.8) is 0 Å². The van der Waals surface area contributed by atoms with Gasteiger partial charge in [0.25, 0.3) is 0 Å². The average molecular weight is 270 g/mol. The Bertz CT molecular complexity index is 597. The molecule has 0 saturated heterocycles. The van der Waals surface area contributed by atoms with Crippen LogP contribution in [0.15, 0.2) is 24.5 Å². The Morgan fingerprint density at radius 2 is 1.20 bits per heavy atom. The van der Waals surface area contributed by atoms with Crippen LogP contribution in [-0.2, 0) is 0 Å². The molecule has 2 aromatic heterocycles. The zero-order chi connectivity index (χ0) is 14.3. The minimum absolute atomic E-state index is 0.305. The zero-order valence-corrected chi connectivity index (χ0v) is 12.2.